The van der Waals surface area contributed by atoms with Crippen molar-refractivity contribution in [2.24, 2.45) is 0 Å². The maximum Gasteiger partial charge on any atom is 0.244 e. The van der Waals surface area contributed by atoms with Crippen LogP contribution >= 0.6 is 0 Å². The second-order valence-corrected chi connectivity index (χ2v) is 5.78. The van der Waals surface area contributed by atoms with Crippen LogP contribution in [0.15, 0.2) is 4.90 Å². The van der Waals surface area contributed by atoms with Gasteiger partial charge in [-0.05, 0) is 20.5 Å². The van der Waals surface area contributed by atoms with Gasteiger partial charge in [0.25, 0.3) is 0 Å². The molecule has 1 aromatic rings. The van der Waals surface area contributed by atoms with Gasteiger partial charge in [-0.2, -0.15) is 5.10 Å². The van der Waals surface area contributed by atoms with Gasteiger partial charge < -0.3 is 10.0 Å². The van der Waals surface area contributed by atoms with Gasteiger partial charge in [0, 0.05) is 13.1 Å². The lowest BCUT2D eigenvalue weighted by atomic mass is 10.4. The topological polar surface area (TPSA) is 98.3 Å². The van der Waals surface area contributed by atoms with Gasteiger partial charge in [-0.1, -0.05) is 6.92 Å². The molecule has 0 aromatic carbocycles. The van der Waals surface area contributed by atoms with Crippen LogP contribution in [0.25, 0.3) is 0 Å². The lowest BCUT2D eigenvalue weighted by Gasteiger charge is -2.14. The molecule has 3 N–H and O–H groups in total. The van der Waals surface area contributed by atoms with E-state index in [0.717, 1.165) is 6.54 Å². The summed E-state index contributed by atoms with van der Waals surface area (Å²) in [5.41, 5.74) is 0.569. The van der Waals surface area contributed by atoms with Gasteiger partial charge in [0.2, 0.25) is 10.0 Å². The third-order valence-electron chi connectivity index (χ3n) is 2.71. The summed E-state index contributed by atoms with van der Waals surface area (Å²) in [5, 5.41) is 15.4. The number of hydrogen-bond acceptors (Lipinski definition) is 5. The minimum atomic E-state index is -3.62. The van der Waals surface area contributed by atoms with E-state index < -0.39 is 16.6 Å². The maximum atomic E-state index is 12.1. The fraction of sp³-hybridized carbons (Fsp3) is 0.700. The van der Waals surface area contributed by atoms with Crippen molar-refractivity contribution in [1.82, 2.24) is 19.8 Å². The molecule has 0 fully saturated rings. The number of aromatic nitrogens is 2. The van der Waals surface area contributed by atoms with Crippen LogP contribution in [0.5, 0.6) is 0 Å². The summed E-state index contributed by atoms with van der Waals surface area (Å²) in [6.45, 7) is 5.00. The van der Waals surface area contributed by atoms with Crippen molar-refractivity contribution in [3.8, 4) is 0 Å². The minimum absolute atomic E-state index is 0.0455. The summed E-state index contributed by atoms with van der Waals surface area (Å²) < 4.78 is 26.6. The first-order chi connectivity index (χ1) is 8.42. The largest absolute Gasteiger partial charge is 0.390 e. The molecule has 1 rings (SSSR count). The lowest BCUT2D eigenvalue weighted by Crippen LogP contribution is -2.33. The minimum Gasteiger partial charge on any atom is -0.390 e. The molecule has 0 aliphatic heterocycles. The van der Waals surface area contributed by atoms with Gasteiger partial charge in [-0.15, -0.1) is 0 Å². The SMILES string of the molecule is CCN(C)CCNS(=O)(=O)c1c(CO)n[nH]c1C. The summed E-state index contributed by atoms with van der Waals surface area (Å²) in [7, 11) is -1.71. The van der Waals surface area contributed by atoms with E-state index in [1.54, 1.807) is 6.92 Å². The highest BCUT2D eigenvalue weighted by Gasteiger charge is 2.23. The zero-order chi connectivity index (χ0) is 13.8. The van der Waals surface area contributed by atoms with Crippen molar-refractivity contribution in [2.75, 3.05) is 26.7 Å². The standard InChI is InChI=1S/C10H20N4O3S/c1-4-14(3)6-5-11-18(16,17)10-8(2)12-13-9(10)7-15/h11,15H,4-7H2,1-3H3,(H,12,13). The fourth-order valence-electron chi connectivity index (χ4n) is 1.53. The zero-order valence-corrected chi connectivity index (χ0v) is 11.7. The Labute approximate surface area is 107 Å². The average Bonchev–Trinajstić information content (AvgIpc) is 2.70. The number of rotatable bonds is 7. The molecule has 0 saturated heterocycles. The first-order valence-electron chi connectivity index (χ1n) is 5.75. The van der Waals surface area contributed by atoms with Crippen molar-refractivity contribution < 1.29 is 13.5 Å². The number of H-pyrrole nitrogens is 1. The highest BCUT2D eigenvalue weighted by Crippen LogP contribution is 2.16. The van der Waals surface area contributed by atoms with Crippen LogP contribution < -0.4 is 4.72 Å². The Morgan fingerprint density at radius 1 is 1.50 bits per heavy atom. The Kier molecular flexibility index (Phi) is 5.27. The Bertz CT molecular complexity index is 483. The van der Waals surface area contributed by atoms with Gasteiger partial charge >= 0.3 is 0 Å². The van der Waals surface area contributed by atoms with Gasteiger partial charge in [-0.3, -0.25) is 5.10 Å². The maximum absolute atomic E-state index is 12.1. The number of hydrogen-bond donors (Lipinski definition) is 3. The number of sulfonamides is 1. The number of likely N-dealkylation sites (N-methyl/N-ethyl adjacent to an activating group) is 1. The van der Waals surface area contributed by atoms with Crippen LogP contribution in [-0.2, 0) is 16.6 Å². The monoisotopic (exact) mass is 276 g/mol. The third-order valence-corrected chi connectivity index (χ3v) is 4.37. The van der Waals surface area contributed by atoms with E-state index in [1.807, 2.05) is 18.9 Å². The van der Waals surface area contributed by atoms with Crippen molar-refractivity contribution in [3.63, 3.8) is 0 Å². The van der Waals surface area contributed by atoms with Crippen LogP contribution in [0.3, 0.4) is 0 Å². The quantitative estimate of drug-likeness (QED) is 0.620. The zero-order valence-electron chi connectivity index (χ0n) is 10.9. The summed E-state index contributed by atoms with van der Waals surface area (Å²) in [6, 6.07) is 0. The third kappa shape index (κ3) is 3.52. The summed E-state index contributed by atoms with van der Waals surface area (Å²) in [4.78, 5) is 2.04. The molecule has 0 amide bonds. The van der Waals surface area contributed by atoms with E-state index in [4.69, 9.17) is 5.11 Å². The van der Waals surface area contributed by atoms with Crippen LogP contribution in [0.2, 0.25) is 0 Å². The molecule has 8 heteroatoms. The molecule has 18 heavy (non-hydrogen) atoms. The number of aryl methyl sites for hydroxylation is 1. The molecule has 0 aliphatic rings. The van der Waals surface area contributed by atoms with Gasteiger partial charge in [0.05, 0.1) is 12.3 Å². The van der Waals surface area contributed by atoms with Crippen LogP contribution in [0.1, 0.15) is 18.3 Å². The fourth-order valence-corrected chi connectivity index (χ4v) is 2.91. The van der Waals surface area contributed by atoms with E-state index in [0.29, 0.717) is 18.8 Å². The van der Waals surface area contributed by atoms with E-state index in [2.05, 4.69) is 14.9 Å². The van der Waals surface area contributed by atoms with Crippen molar-refractivity contribution in [1.29, 1.82) is 0 Å². The second-order valence-electron chi connectivity index (χ2n) is 4.08. The Hall–Kier alpha value is -0.960. The predicted molar refractivity (Wildman–Crippen MR) is 67.6 cm³/mol. The molecule has 1 aromatic heterocycles. The first kappa shape index (κ1) is 15.1. The smallest absolute Gasteiger partial charge is 0.244 e. The molecular formula is C10H20N4O3S. The second kappa shape index (κ2) is 6.28. The number of aliphatic hydroxyl groups excluding tert-OH is 1. The van der Waals surface area contributed by atoms with E-state index in [1.165, 1.54) is 0 Å². The summed E-state index contributed by atoms with van der Waals surface area (Å²) >= 11 is 0. The summed E-state index contributed by atoms with van der Waals surface area (Å²) in [6.07, 6.45) is 0. The van der Waals surface area contributed by atoms with Crippen molar-refractivity contribution in [2.45, 2.75) is 25.3 Å². The normalized spacial score (nSPS) is 12.3. The average molecular weight is 276 g/mol. The molecule has 104 valence electrons. The first-order valence-corrected chi connectivity index (χ1v) is 7.23. The molecule has 1 heterocycles. The van der Waals surface area contributed by atoms with E-state index in [9.17, 15) is 8.42 Å². The molecule has 0 unspecified atom stereocenters. The molecule has 0 spiro atoms. The molecular weight excluding hydrogens is 256 g/mol. The molecule has 7 nitrogen and oxygen atoms in total. The van der Waals surface area contributed by atoms with Gasteiger partial charge in [0.15, 0.2) is 0 Å². The van der Waals surface area contributed by atoms with E-state index >= 15 is 0 Å². The highest BCUT2D eigenvalue weighted by atomic mass is 32.2. The Morgan fingerprint density at radius 2 is 2.17 bits per heavy atom. The van der Waals surface area contributed by atoms with Crippen molar-refractivity contribution >= 4 is 10.0 Å². The number of aliphatic hydroxyl groups is 1. The number of nitrogens with one attached hydrogen (secondary N) is 2. The van der Waals surface area contributed by atoms with Crippen LogP contribution in [-0.4, -0.2) is 55.3 Å². The molecule has 0 bridgehead atoms. The highest BCUT2D eigenvalue weighted by molar-refractivity contribution is 7.89. The molecule has 0 aliphatic carbocycles. The van der Waals surface area contributed by atoms with Gasteiger partial charge in [-0.25, -0.2) is 13.1 Å². The predicted octanol–water partition coefficient (Wildman–Crippen LogP) is -0.560. The molecule has 0 radical (unpaired) electrons. The Morgan fingerprint density at radius 3 is 2.72 bits per heavy atom. The van der Waals surface area contributed by atoms with Crippen molar-refractivity contribution in [3.05, 3.63) is 11.4 Å². The summed E-state index contributed by atoms with van der Waals surface area (Å²) in [5.74, 6) is 0. The van der Waals surface area contributed by atoms with Crippen LogP contribution in [0, 0.1) is 6.92 Å². The lowest BCUT2D eigenvalue weighted by molar-refractivity contribution is 0.273. The van der Waals surface area contributed by atoms with Crippen LogP contribution in [0.4, 0.5) is 0 Å². The van der Waals surface area contributed by atoms with Gasteiger partial charge in [0.1, 0.15) is 10.6 Å². The number of nitrogens with zero attached hydrogens (tertiary/aromatic N) is 2. The molecule has 0 atom stereocenters. The Balaban J connectivity index is 2.77. The van der Waals surface area contributed by atoms with E-state index in [-0.39, 0.29) is 10.6 Å². The molecule has 0 saturated carbocycles. The number of aromatic amines is 1.